The van der Waals surface area contributed by atoms with Crippen molar-refractivity contribution in [2.24, 2.45) is 11.8 Å². The Morgan fingerprint density at radius 3 is 1.20 bits per heavy atom. The standard InChI is InChI=1S/C36H38O.4Li/c1-29(13-17-31-9-5-3-6-10-31)15-19-33-21-25-35(26-22-33)37-36-27-23-34(24-28-36)20-16-30(2)14-18-32-11-7-4-8-12-32;;;;/h3-12,21-30H,13-16,19-20H2,1-2H3;;;;. The zero-order valence-electron chi connectivity index (χ0n) is 26.2. The second-order valence-corrected chi connectivity index (χ2v) is 13.6. The van der Waals surface area contributed by atoms with Crippen LogP contribution >= 0.6 is 0 Å². The first-order valence-electron chi connectivity index (χ1n) is 15.6. The Morgan fingerprint density at radius 2 is 0.854 bits per heavy atom. The molecule has 0 bridgehead atoms. The number of hydrogen-bond donors (Lipinski definition) is 0. The number of benzene rings is 4. The van der Waals surface area contributed by atoms with Gasteiger partial charge in [-0.15, -0.1) is 0 Å². The molecule has 0 aliphatic heterocycles. The molecule has 1 nitrogen and oxygen atoms in total. The predicted molar refractivity (Wildman–Crippen MR) is 176 cm³/mol. The molecule has 4 rings (SSSR count). The van der Waals surface area contributed by atoms with E-state index in [1.165, 1.54) is 47.9 Å². The van der Waals surface area contributed by atoms with Gasteiger partial charge in [-0.05, 0) is 0 Å². The van der Waals surface area contributed by atoms with Crippen LogP contribution in [0.25, 0.3) is 0 Å². The van der Waals surface area contributed by atoms with E-state index in [0.717, 1.165) is 24.3 Å². The van der Waals surface area contributed by atoms with E-state index in [0.29, 0.717) is 11.8 Å². The number of hydrogen-bond acceptors (Lipinski definition) is 1. The fraction of sp³-hybridized carbons (Fsp3) is 0.333. The van der Waals surface area contributed by atoms with Crippen molar-refractivity contribution in [3.05, 3.63) is 131 Å². The van der Waals surface area contributed by atoms with Gasteiger partial charge in [0.25, 0.3) is 0 Å². The van der Waals surface area contributed by atoms with Crippen molar-refractivity contribution in [2.75, 3.05) is 0 Å². The molecule has 0 aliphatic carbocycles. The number of rotatable bonds is 14. The zero-order chi connectivity index (χ0) is 29.3. The van der Waals surface area contributed by atoms with Gasteiger partial charge in [0.15, 0.2) is 0 Å². The quantitative estimate of drug-likeness (QED) is 0.156. The van der Waals surface area contributed by atoms with Crippen LogP contribution in [0.4, 0.5) is 0 Å². The summed E-state index contributed by atoms with van der Waals surface area (Å²) in [5, 5.41) is 0. The second kappa shape index (κ2) is 15.7. The van der Waals surface area contributed by atoms with E-state index in [4.69, 9.17) is 4.74 Å². The third kappa shape index (κ3) is 10.6. The van der Waals surface area contributed by atoms with Crippen LogP contribution in [0, 0.1) is 11.8 Å². The fourth-order valence-electron chi connectivity index (χ4n) is 6.37. The summed E-state index contributed by atoms with van der Waals surface area (Å²) in [6, 6.07) is 39.1. The molecule has 41 heavy (non-hydrogen) atoms. The van der Waals surface area contributed by atoms with Gasteiger partial charge in [0.2, 0.25) is 0 Å². The Bertz CT molecular complexity index is 1210. The molecule has 0 spiro atoms. The van der Waals surface area contributed by atoms with Crippen LogP contribution in [0.3, 0.4) is 0 Å². The second-order valence-electron chi connectivity index (χ2n) is 13.6. The van der Waals surface area contributed by atoms with E-state index >= 15 is 0 Å². The summed E-state index contributed by atoms with van der Waals surface area (Å²) < 4.78 is 6.57. The van der Waals surface area contributed by atoms with Crippen molar-refractivity contribution >= 4 is 70.9 Å². The topological polar surface area (TPSA) is 9.23 Å². The van der Waals surface area contributed by atoms with Crippen molar-refractivity contribution in [2.45, 2.75) is 57.9 Å². The molecule has 0 saturated carbocycles. The Balaban J connectivity index is 1.20. The van der Waals surface area contributed by atoms with Crippen molar-refractivity contribution in [1.82, 2.24) is 0 Å². The number of aryl methyl sites for hydroxylation is 2. The van der Waals surface area contributed by atoms with Gasteiger partial charge in [0, 0.05) is 0 Å². The summed E-state index contributed by atoms with van der Waals surface area (Å²) in [7, 11) is 0. The van der Waals surface area contributed by atoms with Crippen LogP contribution in [0.5, 0.6) is 11.5 Å². The maximum absolute atomic E-state index is 6.17. The number of ether oxygens (including phenoxy) is 1. The molecule has 192 valence electrons. The van der Waals surface area contributed by atoms with Crippen molar-refractivity contribution < 1.29 is 4.74 Å². The summed E-state index contributed by atoms with van der Waals surface area (Å²) in [5.74, 6) is 3.13. The predicted octanol–water partition coefficient (Wildman–Crippen LogP) is 7.78. The first kappa shape index (κ1) is 33.0. The fourth-order valence-corrected chi connectivity index (χ4v) is 6.37. The first-order valence-corrected chi connectivity index (χ1v) is 15.6. The summed E-state index contributed by atoms with van der Waals surface area (Å²) in [4.78, 5) is 0. The zero-order valence-corrected chi connectivity index (χ0v) is 26.2. The average Bonchev–Trinajstić information content (AvgIpc) is 2.97. The van der Waals surface area contributed by atoms with Gasteiger partial charge in [-0.1, -0.05) is 0 Å². The normalized spacial score (nSPS) is 13.6. The minimum absolute atomic E-state index is 0.200. The molecule has 0 N–H and O–H groups in total. The summed E-state index contributed by atoms with van der Waals surface area (Å²) in [5.41, 5.74) is 5.61. The van der Waals surface area contributed by atoms with Gasteiger partial charge in [0.05, 0.1) is 0 Å². The van der Waals surface area contributed by atoms with E-state index in [1.807, 2.05) is 0 Å². The summed E-state index contributed by atoms with van der Waals surface area (Å²) >= 11 is 9.47. The molecular weight excluding hydrogens is 476 g/mol. The molecule has 0 heterocycles. The molecular formula is C36H38Li4O. The van der Waals surface area contributed by atoms with E-state index in [-0.39, 0.29) is 5.52 Å². The SMILES string of the molecule is [Li][C]([Li])(CC(C)CCc1ccc(Oc2ccc(CCC(C)C[C]([Li])([Li])c3ccccc3)cc2)cc1)c1ccccc1. The van der Waals surface area contributed by atoms with Gasteiger partial charge in [-0.2, -0.15) is 0 Å². The Hall–Kier alpha value is -0.930. The molecule has 2 unspecified atom stereocenters. The van der Waals surface area contributed by atoms with Crippen LogP contribution in [-0.4, -0.2) is 70.9 Å². The van der Waals surface area contributed by atoms with Crippen LogP contribution in [0.2, 0.25) is 0 Å². The molecule has 0 aliphatic rings. The molecule has 2 atom stereocenters. The van der Waals surface area contributed by atoms with Crippen molar-refractivity contribution in [1.29, 1.82) is 0 Å². The van der Waals surface area contributed by atoms with Crippen LogP contribution in [0.15, 0.2) is 109 Å². The Kier molecular flexibility index (Phi) is 12.6. The molecule has 5 heteroatoms. The van der Waals surface area contributed by atoms with E-state index < -0.39 is 0 Å². The molecule has 4 aromatic rings. The Labute approximate surface area is 285 Å². The monoisotopic (exact) mass is 514 g/mol. The molecule has 0 saturated heterocycles. The van der Waals surface area contributed by atoms with Gasteiger partial charge in [-0.3, -0.25) is 0 Å². The maximum atomic E-state index is 6.17. The van der Waals surface area contributed by atoms with Gasteiger partial charge >= 0.3 is 288 Å². The summed E-state index contributed by atoms with van der Waals surface area (Å²) in [6.07, 6.45) is 6.97. The van der Waals surface area contributed by atoms with Gasteiger partial charge < -0.3 is 0 Å². The van der Waals surface area contributed by atoms with Crippen LogP contribution in [0.1, 0.15) is 61.8 Å². The molecule has 4 aromatic carbocycles. The third-order valence-electron chi connectivity index (χ3n) is 8.76. The van der Waals surface area contributed by atoms with Gasteiger partial charge in [-0.25, -0.2) is 0 Å². The van der Waals surface area contributed by atoms with Crippen molar-refractivity contribution in [3.63, 3.8) is 0 Å². The first-order chi connectivity index (χ1) is 19.6. The van der Waals surface area contributed by atoms with Crippen LogP contribution in [-0.2, 0) is 18.4 Å². The van der Waals surface area contributed by atoms with Crippen molar-refractivity contribution in [3.8, 4) is 11.5 Å². The van der Waals surface area contributed by atoms with E-state index in [1.54, 1.807) is 0 Å². The molecule has 0 aromatic heterocycles. The molecule has 0 radical (unpaired) electrons. The molecule has 0 amide bonds. The van der Waals surface area contributed by atoms with Crippen LogP contribution < -0.4 is 4.74 Å². The third-order valence-corrected chi connectivity index (χ3v) is 8.76. The molecule has 0 fully saturated rings. The van der Waals surface area contributed by atoms with Gasteiger partial charge in [0.1, 0.15) is 0 Å². The summed E-state index contributed by atoms with van der Waals surface area (Å²) in [6.45, 7) is 4.77. The van der Waals surface area contributed by atoms with E-state index in [9.17, 15) is 0 Å². The average molecular weight is 514 g/mol. The Morgan fingerprint density at radius 1 is 0.512 bits per heavy atom. The van der Waals surface area contributed by atoms with E-state index in [2.05, 4.69) is 194 Å². The minimum atomic E-state index is 0.200.